The first-order valence-corrected chi connectivity index (χ1v) is 7.87. The molecule has 0 atom stereocenters. The minimum Gasteiger partial charge on any atom is -0.493 e. The maximum absolute atomic E-state index is 6.03. The van der Waals surface area contributed by atoms with Crippen LogP contribution in [0.25, 0.3) is 0 Å². The number of rotatable bonds is 9. The van der Waals surface area contributed by atoms with Gasteiger partial charge in [0.1, 0.15) is 11.5 Å². The van der Waals surface area contributed by atoms with Crippen molar-refractivity contribution in [2.75, 3.05) is 34.5 Å². The monoisotopic (exact) mass is 352 g/mol. The molecule has 0 N–H and O–H groups in total. The van der Waals surface area contributed by atoms with Crippen molar-refractivity contribution >= 4 is 11.6 Å². The molecule has 5 nitrogen and oxygen atoms in total. The van der Waals surface area contributed by atoms with Gasteiger partial charge in [0, 0.05) is 18.6 Å². The summed E-state index contributed by atoms with van der Waals surface area (Å²) in [5, 5.41) is 0.600. The number of methoxy groups -OCH3 is 3. The molecule has 0 aliphatic carbocycles. The van der Waals surface area contributed by atoms with Crippen LogP contribution in [-0.4, -0.2) is 34.5 Å². The van der Waals surface area contributed by atoms with E-state index in [1.165, 1.54) is 0 Å². The fraction of sp³-hybridized carbons (Fsp3) is 0.333. The number of benzene rings is 2. The molecule has 2 aromatic carbocycles. The second-order valence-electron chi connectivity index (χ2n) is 4.84. The summed E-state index contributed by atoms with van der Waals surface area (Å²) in [6.45, 7) is 0.997. The van der Waals surface area contributed by atoms with Gasteiger partial charge in [0.2, 0.25) is 5.75 Å². The van der Waals surface area contributed by atoms with Gasteiger partial charge in [-0.1, -0.05) is 23.7 Å². The summed E-state index contributed by atoms with van der Waals surface area (Å²) in [6, 6.07) is 10.9. The maximum atomic E-state index is 6.03. The van der Waals surface area contributed by atoms with Crippen LogP contribution in [0, 0.1) is 0 Å². The van der Waals surface area contributed by atoms with Crippen molar-refractivity contribution in [1.29, 1.82) is 0 Å². The van der Waals surface area contributed by atoms with E-state index in [1.807, 2.05) is 18.2 Å². The first-order chi connectivity index (χ1) is 11.7. The van der Waals surface area contributed by atoms with Crippen molar-refractivity contribution < 1.29 is 23.7 Å². The summed E-state index contributed by atoms with van der Waals surface area (Å²) in [4.78, 5) is 0. The van der Waals surface area contributed by atoms with E-state index >= 15 is 0 Å². The van der Waals surface area contributed by atoms with Gasteiger partial charge in [-0.2, -0.15) is 0 Å². The van der Waals surface area contributed by atoms with Gasteiger partial charge in [-0.15, -0.1) is 0 Å². The van der Waals surface area contributed by atoms with Crippen LogP contribution < -0.4 is 23.7 Å². The molecule has 0 bridgehead atoms. The highest BCUT2D eigenvalue weighted by molar-refractivity contribution is 6.32. The minimum absolute atomic E-state index is 0.489. The minimum atomic E-state index is 0.489. The van der Waals surface area contributed by atoms with Crippen molar-refractivity contribution in [3.63, 3.8) is 0 Å². The van der Waals surface area contributed by atoms with Crippen molar-refractivity contribution in [3.8, 4) is 28.7 Å². The van der Waals surface area contributed by atoms with Gasteiger partial charge in [0.05, 0.1) is 39.6 Å². The Morgan fingerprint density at radius 2 is 1.42 bits per heavy atom. The first kappa shape index (κ1) is 18.1. The van der Waals surface area contributed by atoms with Crippen LogP contribution in [-0.2, 0) is 0 Å². The van der Waals surface area contributed by atoms with E-state index in [0.717, 1.165) is 0 Å². The van der Waals surface area contributed by atoms with Crippen molar-refractivity contribution in [2.24, 2.45) is 0 Å². The average Bonchev–Trinajstić information content (AvgIpc) is 2.61. The lowest BCUT2D eigenvalue weighted by molar-refractivity contribution is 0.245. The first-order valence-electron chi connectivity index (χ1n) is 7.49. The molecule has 0 radical (unpaired) electrons. The third-order valence-electron chi connectivity index (χ3n) is 3.29. The lowest BCUT2D eigenvalue weighted by atomic mass is 10.2. The molecule has 130 valence electrons. The Morgan fingerprint density at radius 1 is 0.792 bits per heavy atom. The van der Waals surface area contributed by atoms with Crippen LogP contribution in [0.4, 0.5) is 0 Å². The Kier molecular flexibility index (Phi) is 6.88. The molecule has 0 aliphatic heterocycles. The van der Waals surface area contributed by atoms with E-state index in [-0.39, 0.29) is 0 Å². The van der Waals surface area contributed by atoms with Crippen LogP contribution in [0.2, 0.25) is 5.02 Å². The highest BCUT2D eigenvalue weighted by Gasteiger charge is 2.13. The molecule has 24 heavy (non-hydrogen) atoms. The number of ether oxygens (including phenoxy) is 5. The zero-order valence-corrected chi connectivity index (χ0v) is 14.8. The number of hydrogen-bond acceptors (Lipinski definition) is 5. The van der Waals surface area contributed by atoms with Gasteiger partial charge in [-0.25, -0.2) is 0 Å². The van der Waals surface area contributed by atoms with Gasteiger partial charge in [0.25, 0.3) is 0 Å². The number of hydrogen-bond donors (Lipinski definition) is 0. The van der Waals surface area contributed by atoms with Crippen LogP contribution in [0.5, 0.6) is 28.7 Å². The Labute approximate surface area is 147 Å². The second-order valence-corrected chi connectivity index (χ2v) is 5.25. The molecule has 0 heterocycles. The van der Waals surface area contributed by atoms with Gasteiger partial charge >= 0.3 is 0 Å². The van der Waals surface area contributed by atoms with E-state index in [9.17, 15) is 0 Å². The lowest BCUT2D eigenvalue weighted by Gasteiger charge is -2.14. The summed E-state index contributed by atoms with van der Waals surface area (Å²) < 4.78 is 27.2. The van der Waals surface area contributed by atoms with E-state index in [1.54, 1.807) is 39.5 Å². The predicted octanol–water partition coefficient (Wildman–Crippen LogP) is 4.21. The largest absolute Gasteiger partial charge is 0.493 e. The maximum Gasteiger partial charge on any atom is 0.203 e. The van der Waals surface area contributed by atoms with Gasteiger partial charge < -0.3 is 23.7 Å². The molecule has 0 spiro atoms. The molecule has 0 fully saturated rings. The standard InChI is InChI=1S/C18H21ClO5/c1-20-16-11-13(12-17(21-2)18(16)22-3)23-9-6-10-24-15-8-5-4-7-14(15)19/h4-5,7-8,11-12H,6,9-10H2,1-3H3. The molecule has 0 aliphatic rings. The molecule has 6 heteroatoms. The quantitative estimate of drug-likeness (QED) is 0.632. The molecule has 0 aromatic heterocycles. The Balaban J connectivity index is 1.87. The highest BCUT2D eigenvalue weighted by Crippen LogP contribution is 2.40. The predicted molar refractivity (Wildman–Crippen MR) is 93.2 cm³/mol. The zero-order valence-electron chi connectivity index (χ0n) is 14.0. The molecular weight excluding hydrogens is 332 g/mol. The van der Waals surface area contributed by atoms with E-state index in [0.29, 0.717) is 53.4 Å². The molecular formula is C18H21ClO5. The summed E-state index contributed by atoms with van der Waals surface area (Å²) in [5.41, 5.74) is 0. The second kappa shape index (κ2) is 9.13. The van der Waals surface area contributed by atoms with Crippen LogP contribution >= 0.6 is 11.6 Å². The summed E-state index contributed by atoms with van der Waals surface area (Å²) in [5.74, 6) is 2.96. The Hall–Kier alpha value is -2.27. The van der Waals surface area contributed by atoms with Gasteiger partial charge in [-0.05, 0) is 12.1 Å². The van der Waals surface area contributed by atoms with Crippen molar-refractivity contribution in [2.45, 2.75) is 6.42 Å². The average molecular weight is 353 g/mol. The fourth-order valence-corrected chi connectivity index (χ4v) is 2.32. The van der Waals surface area contributed by atoms with Crippen LogP contribution in [0.1, 0.15) is 6.42 Å². The fourth-order valence-electron chi connectivity index (χ4n) is 2.13. The normalized spacial score (nSPS) is 10.2. The molecule has 0 saturated carbocycles. The summed E-state index contributed by atoms with van der Waals surface area (Å²) >= 11 is 6.03. The lowest BCUT2D eigenvalue weighted by Crippen LogP contribution is -2.05. The molecule has 0 amide bonds. The van der Waals surface area contributed by atoms with Crippen LogP contribution in [0.15, 0.2) is 36.4 Å². The van der Waals surface area contributed by atoms with Gasteiger partial charge in [0.15, 0.2) is 11.5 Å². The Bertz CT molecular complexity index is 635. The highest BCUT2D eigenvalue weighted by atomic mass is 35.5. The summed E-state index contributed by atoms with van der Waals surface area (Å²) in [6.07, 6.45) is 0.710. The van der Waals surface area contributed by atoms with E-state index in [2.05, 4.69) is 0 Å². The zero-order chi connectivity index (χ0) is 17.4. The third-order valence-corrected chi connectivity index (χ3v) is 3.60. The number of halogens is 1. The number of para-hydroxylation sites is 1. The summed E-state index contributed by atoms with van der Waals surface area (Å²) in [7, 11) is 4.70. The molecule has 0 unspecified atom stereocenters. The topological polar surface area (TPSA) is 46.2 Å². The Morgan fingerprint density at radius 3 is 2.00 bits per heavy atom. The molecule has 2 aromatic rings. The van der Waals surface area contributed by atoms with Gasteiger partial charge in [-0.3, -0.25) is 0 Å². The SMILES string of the molecule is COc1cc(OCCCOc2ccccc2Cl)cc(OC)c1OC. The van der Waals surface area contributed by atoms with Crippen LogP contribution in [0.3, 0.4) is 0 Å². The molecule has 0 saturated heterocycles. The van der Waals surface area contributed by atoms with Crippen molar-refractivity contribution in [1.82, 2.24) is 0 Å². The van der Waals surface area contributed by atoms with E-state index in [4.69, 9.17) is 35.3 Å². The van der Waals surface area contributed by atoms with Crippen molar-refractivity contribution in [3.05, 3.63) is 41.4 Å². The van der Waals surface area contributed by atoms with E-state index < -0.39 is 0 Å². The smallest absolute Gasteiger partial charge is 0.203 e. The third kappa shape index (κ3) is 4.61. The molecule has 2 rings (SSSR count).